The average Bonchev–Trinajstić information content (AvgIpc) is 2.79. The van der Waals surface area contributed by atoms with Crippen molar-refractivity contribution in [3.63, 3.8) is 0 Å². The molecule has 0 bridgehead atoms. The van der Waals surface area contributed by atoms with Gasteiger partial charge in [0.1, 0.15) is 0 Å². The molecular weight excluding hydrogens is 392 g/mol. The van der Waals surface area contributed by atoms with Crippen molar-refractivity contribution in [3.05, 3.63) is 71.3 Å². The van der Waals surface area contributed by atoms with E-state index >= 15 is 0 Å². The Morgan fingerprint density at radius 3 is 2.23 bits per heavy atom. The van der Waals surface area contributed by atoms with Crippen LogP contribution in [0.3, 0.4) is 0 Å². The lowest BCUT2D eigenvalue weighted by Gasteiger charge is -2.26. The molecule has 31 heavy (non-hydrogen) atoms. The largest absolute Gasteiger partial charge is 0.452 e. The molecule has 164 valence electrons. The summed E-state index contributed by atoms with van der Waals surface area (Å²) in [7, 11) is 1.69. The Labute approximate surface area is 183 Å². The third-order valence-electron chi connectivity index (χ3n) is 5.70. The molecular formula is C25H30N2O4. The van der Waals surface area contributed by atoms with Crippen molar-refractivity contribution in [2.24, 2.45) is 5.92 Å². The summed E-state index contributed by atoms with van der Waals surface area (Å²) in [6.07, 6.45) is 4.09. The van der Waals surface area contributed by atoms with E-state index in [0.717, 1.165) is 31.2 Å². The van der Waals surface area contributed by atoms with Gasteiger partial charge in [-0.3, -0.25) is 9.59 Å². The zero-order chi connectivity index (χ0) is 22.2. The highest BCUT2D eigenvalue weighted by Gasteiger charge is 2.23. The maximum Gasteiger partial charge on any atom is 0.339 e. The fraction of sp³-hybridized carbons (Fsp3) is 0.400. The fourth-order valence-electron chi connectivity index (χ4n) is 3.86. The van der Waals surface area contributed by atoms with Crippen molar-refractivity contribution in [2.75, 3.05) is 13.7 Å². The van der Waals surface area contributed by atoms with Crippen LogP contribution in [0.25, 0.3) is 0 Å². The SMILES string of the molecule is CC1CCC(NC(=O)COC(=O)c2ccccc2C(=O)N(C)Cc2ccccc2)CC1. The molecule has 1 saturated carbocycles. The molecule has 1 N–H and O–H groups in total. The van der Waals surface area contributed by atoms with E-state index in [9.17, 15) is 14.4 Å². The van der Waals surface area contributed by atoms with E-state index < -0.39 is 5.97 Å². The molecule has 0 aliphatic heterocycles. The van der Waals surface area contributed by atoms with Crippen LogP contribution in [0.2, 0.25) is 0 Å². The van der Waals surface area contributed by atoms with Crippen molar-refractivity contribution in [3.8, 4) is 0 Å². The van der Waals surface area contributed by atoms with Crippen molar-refractivity contribution in [2.45, 2.75) is 45.2 Å². The van der Waals surface area contributed by atoms with Crippen LogP contribution in [-0.4, -0.2) is 42.4 Å². The first-order valence-electron chi connectivity index (χ1n) is 10.8. The van der Waals surface area contributed by atoms with Gasteiger partial charge in [0.2, 0.25) is 0 Å². The summed E-state index contributed by atoms with van der Waals surface area (Å²) in [6, 6.07) is 16.3. The zero-order valence-electron chi connectivity index (χ0n) is 18.2. The third-order valence-corrected chi connectivity index (χ3v) is 5.70. The van der Waals surface area contributed by atoms with Crippen LogP contribution in [0.1, 0.15) is 58.9 Å². The molecule has 0 radical (unpaired) electrons. The van der Waals surface area contributed by atoms with E-state index in [0.29, 0.717) is 12.5 Å². The minimum atomic E-state index is -0.676. The van der Waals surface area contributed by atoms with Gasteiger partial charge in [-0.1, -0.05) is 49.4 Å². The molecule has 2 aromatic carbocycles. The molecule has 6 heteroatoms. The van der Waals surface area contributed by atoms with Crippen molar-refractivity contribution in [1.29, 1.82) is 0 Å². The lowest BCUT2D eigenvalue weighted by Crippen LogP contribution is -2.39. The van der Waals surface area contributed by atoms with E-state index in [1.165, 1.54) is 0 Å². The van der Waals surface area contributed by atoms with Crippen molar-refractivity contribution < 1.29 is 19.1 Å². The highest BCUT2D eigenvalue weighted by molar-refractivity contribution is 6.05. The zero-order valence-corrected chi connectivity index (χ0v) is 18.2. The molecule has 0 aromatic heterocycles. The van der Waals surface area contributed by atoms with E-state index in [4.69, 9.17) is 4.74 Å². The number of carbonyl (C=O) groups is 3. The van der Waals surface area contributed by atoms with E-state index in [1.807, 2.05) is 30.3 Å². The average molecular weight is 423 g/mol. The first kappa shape index (κ1) is 22.5. The maximum atomic E-state index is 12.9. The molecule has 2 amide bonds. The van der Waals surface area contributed by atoms with Crippen LogP contribution in [0, 0.1) is 5.92 Å². The number of amides is 2. The summed E-state index contributed by atoms with van der Waals surface area (Å²) in [5, 5.41) is 2.94. The number of carbonyl (C=O) groups excluding carboxylic acids is 3. The second-order valence-corrected chi connectivity index (χ2v) is 8.29. The predicted octanol–water partition coefficient (Wildman–Crippen LogP) is 3.81. The lowest BCUT2D eigenvalue weighted by atomic mass is 9.87. The third kappa shape index (κ3) is 6.41. The highest BCUT2D eigenvalue weighted by atomic mass is 16.5. The summed E-state index contributed by atoms with van der Waals surface area (Å²) in [4.78, 5) is 39.3. The molecule has 0 unspecified atom stereocenters. The minimum Gasteiger partial charge on any atom is -0.452 e. The summed E-state index contributed by atoms with van der Waals surface area (Å²) >= 11 is 0. The molecule has 0 saturated heterocycles. The van der Waals surface area contributed by atoms with Crippen molar-refractivity contribution in [1.82, 2.24) is 10.2 Å². The van der Waals surface area contributed by atoms with Gasteiger partial charge in [-0.15, -0.1) is 0 Å². The second-order valence-electron chi connectivity index (χ2n) is 8.29. The molecule has 2 aromatic rings. The van der Waals surface area contributed by atoms with Crippen LogP contribution < -0.4 is 5.32 Å². The molecule has 0 heterocycles. The number of hydrogen-bond donors (Lipinski definition) is 1. The first-order chi connectivity index (χ1) is 14.9. The van der Waals surface area contributed by atoms with Gasteiger partial charge in [0, 0.05) is 19.6 Å². The van der Waals surface area contributed by atoms with Crippen LogP contribution in [0.4, 0.5) is 0 Å². The summed E-state index contributed by atoms with van der Waals surface area (Å²) in [5.41, 5.74) is 1.41. The number of rotatable bonds is 7. The predicted molar refractivity (Wildman–Crippen MR) is 119 cm³/mol. The normalized spacial score (nSPS) is 18.1. The minimum absolute atomic E-state index is 0.142. The number of ether oxygens (including phenoxy) is 1. The molecule has 0 spiro atoms. The molecule has 1 aliphatic carbocycles. The van der Waals surface area contributed by atoms with Crippen LogP contribution in [-0.2, 0) is 16.1 Å². The van der Waals surface area contributed by atoms with Gasteiger partial charge < -0.3 is 15.0 Å². The molecule has 6 nitrogen and oxygen atoms in total. The summed E-state index contributed by atoms with van der Waals surface area (Å²) in [6.45, 7) is 2.29. The Bertz CT molecular complexity index is 905. The maximum absolute atomic E-state index is 12.9. The Balaban J connectivity index is 1.58. The van der Waals surface area contributed by atoms with Gasteiger partial charge in [0.25, 0.3) is 11.8 Å². The topological polar surface area (TPSA) is 75.7 Å². The number of benzene rings is 2. The molecule has 1 aliphatic rings. The Morgan fingerprint density at radius 1 is 0.935 bits per heavy atom. The van der Waals surface area contributed by atoms with E-state index in [2.05, 4.69) is 12.2 Å². The molecule has 3 rings (SSSR count). The second kappa shape index (κ2) is 10.8. The van der Waals surface area contributed by atoms with Gasteiger partial charge in [-0.05, 0) is 49.3 Å². The summed E-state index contributed by atoms with van der Waals surface area (Å²) in [5.74, 6) is -0.570. The van der Waals surface area contributed by atoms with Gasteiger partial charge >= 0.3 is 5.97 Å². The van der Waals surface area contributed by atoms with Crippen LogP contribution in [0.5, 0.6) is 0 Å². The summed E-state index contributed by atoms with van der Waals surface area (Å²) < 4.78 is 5.22. The molecule has 0 atom stereocenters. The number of hydrogen-bond acceptors (Lipinski definition) is 4. The van der Waals surface area contributed by atoms with Gasteiger partial charge in [0.15, 0.2) is 6.61 Å². The van der Waals surface area contributed by atoms with Crippen LogP contribution >= 0.6 is 0 Å². The van der Waals surface area contributed by atoms with Crippen molar-refractivity contribution >= 4 is 17.8 Å². The van der Waals surface area contributed by atoms with Crippen LogP contribution in [0.15, 0.2) is 54.6 Å². The van der Waals surface area contributed by atoms with E-state index in [1.54, 1.807) is 36.2 Å². The van der Waals surface area contributed by atoms with E-state index in [-0.39, 0.29) is 35.6 Å². The number of esters is 1. The number of nitrogens with one attached hydrogen (secondary N) is 1. The van der Waals surface area contributed by atoms with Gasteiger partial charge in [0.05, 0.1) is 11.1 Å². The monoisotopic (exact) mass is 422 g/mol. The quantitative estimate of drug-likeness (QED) is 0.689. The van der Waals surface area contributed by atoms with Gasteiger partial charge in [-0.25, -0.2) is 4.79 Å². The Morgan fingerprint density at radius 2 is 1.55 bits per heavy atom. The highest BCUT2D eigenvalue weighted by Crippen LogP contribution is 2.23. The Kier molecular flexibility index (Phi) is 7.82. The first-order valence-corrected chi connectivity index (χ1v) is 10.8. The number of nitrogens with zero attached hydrogens (tertiary/aromatic N) is 1. The standard InChI is InChI=1S/C25H30N2O4/c1-18-12-14-20(15-13-18)26-23(28)17-31-25(30)22-11-7-6-10-21(22)24(29)27(2)16-19-8-4-3-5-9-19/h3-11,18,20H,12-17H2,1-2H3,(H,26,28). The smallest absolute Gasteiger partial charge is 0.339 e. The van der Waals surface area contributed by atoms with Gasteiger partial charge in [-0.2, -0.15) is 0 Å². The fourth-order valence-corrected chi connectivity index (χ4v) is 3.86. The Hall–Kier alpha value is -3.15. The lowest BCUT2D eigenvalue weighted by molar-refractivity contribution is -0.125. The molecule has 1 fully saturated rings.